The molecule has 2 saturated heterocycles. The van der Waals surface area contributed by atoms with Crippen LogP contribution in [0.5, 0.6) is 0 Å². The van der Waals surface area contributed by atoms with E-state index in [9.17, 15) is 45.6 Å². The van der Waals surface area contributed by atoms with Crippen molar-refractivity contribution in [1.29, 1.82) is 0 Å². The number of hydrogen-bond acceptors (Lipinski definition) is 13. The van der Waals surface area contributed by atoms with Gasteiger partial charge in [-0.05, 0) is 57.8 Å². The van der Waals surface area contributed by atoms with Crippen molar-refractivity contribution in [3.8, 4) is 0 Å². The maximum Gasteiger partial charge on any atom is 0.220 e. The van der Waals surface area contributed by atoms with E-state index in [0.717, 1.165) is 51.4 Å². The Morgan fingerprint density at radius 1 is 0.544 bits per heavy atom. The molecule has 0 bridgehead atoms. The fourth-order valence-corrected chi connectivity index (χ4v) is 8.15. The van der Waals surface area contributed by atoms with Gasteiger partial charge >= 0.3 is 0 Å². The average molecular weight is 964 g/mol. The predicted octanol–water partition coefficient (Wildman–Crippen LogP) is 7.21. The van der Waals surface area contributed by atoms with Crippen LogP contribution < -0.4 is 5.32 Å². The summed E-state index contributed by atoms with van der Waals surface area (Å²) in [5.41, 5.74) is 0. The highest BCUT2D eigenvalue weighted by Gasteiger charge is 2.51. The van der Waals surface area contributed by atoms with Gasteiger partial charge in [0.05, 0.1) is 32.0 Å². The first-order chi connectivity index (χ1) is 33.1. The molecule has 68 heavy (non-hydrogen) atoms. The lowest BCUT2D eigenvalue weighted by atomic mass is 9.97. The van der Waals surface area contributed by atoms with Crippen molar-refractivity contribution in [3.05, 3.63) is 72.9 Å². The second-order valence-corrected chi connectivity index (χ2v) is 18.3. The molecule has 0 aromatic carbocycles. The summed E-state index contributed by atoms with van der Waals surface area (Å²) in [6.07, 6.45) is 33.7. The van der Waals surface area contributed by atoms with E-state index < -0.39 is 86.8 Å². The third-order valence-corrected chi connectivity index (χ3v) is 12.4. The van der Waals surface area contributed by atoms with Gasteiger partial charge in [-0.3, -0.25) is 4.79 Å². The molecule has 14 heteroatoms. The number of allylic oxidation sites excluding steroid dienone is 11. The Kier molecular flexibility index (Phi) is 36.3. The van der Waals surface area contributed by atoms with Crippen molar-refractivity contribution in [1.82, 2.24) is 5.32 Å². The standard InChI is InChI=1S/C54H93NO13/c1-3-5-7-9-11-13-15-17-19-21-23-25-27-29-31-33-35-37-43(58)42(55-46(59)38-36-34-32-30-28-26-24-22-20-18-16-14-12-10-8-6-4-2)41-65-53-51(64)49(62)52(45(40-57)67-53)68-54-50(63)48(61)47(60)44(39-56)66-54/h6,8,12,14,18,20,24,26,30,32,35,37,42-45,47-54,56-58,60-64H,3-5,7,9-11,13,15-17,19,21-23,25,27-29,31,33-34,36,38-41H2,1-2H3,(H,55,59)/b8-6-,14-12-,20-18-,26-24-,32-30-,37-35+. The lowest BCUT2D eigenvalue weighted by Gasteiger charge is -2.46. The van der Waals surface area contributed by atoms with Crippen LogP contribution in [-0.4, -0.2) is 140 Å². The van der Waals surface area contributed by atoms with Crippen LogP contribution in [0.1, 0.15) is 168 Å². The molecule has 12 unspecified atom stereocenters. The summed E-state index contributed by atoms with van der Waals surface area (Å²) in [6, 6.07) is -0.947. The molecule has 2 aliphatic heterocycles. The van der Waals surface area contributed by atoms with Crippen LogP contribution in [0.15, 0.2) is 72.9 Å². The molecule has 14 nitrogen and oxygen atoms in total. The first-order valence-electron chi connectivity index (χ1n) is 26.2. The fraction of sp³-hybridized carbons (Fsp3) is 0.759. The quantitative estimate of drug-likeness (QED) is 0.0220. The lowest BCUT2D eigenvalue weighted by molar-refractivity contribution is -0.359. The van der Waals surface area contributed by atoms with Crippen LogP contribution in [-0.2, 0) is 23.7 Å². The Balaban J connectivity index is 1.88. The van der Waals surface area contributed by atoms with Gasteiger partial charge in [0.25, 0.3) is 0 Å². The van der Waals surface area contributed by atoms with Crippen LogP contribution in [0.2, 0.25) is 0 Å². The smallest absolute Gasteiger partial charge is 0.220 e. The molecule has 1 amide bonds. The summed E-state index contributed by atoms with van der Waals surface area (Å²) in [5, 5.41) is 86.8. The molecule has 0 aromatic rings. The van der Waals surface area contributed by atoms with Crippen LogP contribution >= 0.6 is 0 Å². The molecule has 9 N–H and O–H groups in total. The van der Waals surface area contributed by atoms with E-state index in [1.807, 2.05) is 12.2 Å². The van der Waals surface area contributed by atoms with Crippen LogP contribution in [0.4, 0.5) is 0 Å². The number of ether oxygens (including phenoxy) is 4. The summed E-state index contributed by atoms with van der Waals surface area (Å²) < 4.78 is 22.7. The third-order valence-electron chi connectivity index (χ3n) is 12.4. The van der Waals surface area contributed by atoms with Gasteiger partial charge in [0.15, 0.2) is 12.6 Å². The Morgan fingerprint density at radius 3 is 1.54 bits per heavy atom. The number of aliphatic hydroxyl groups excluding tert-OH is 8. The van der Waals surface area contributed by atoms with Gasteiger partial charge in [-0.2, -0.15) is 0 Å². The summed E-state index contributed by atoms with van der Waals surface area (Å²) in [4.78, 5) is 13.2. The Labute approximate surface area is 408 Å². The van der Waals surface area contributed by atoms with Gasteiger partial charge in [-0.25, -0.2) is 0 Å². The Morgan fingerprint density at radius 2 is 1.01 bits per heavy atom. The molecule has 2 aliphatic rings. The second-order valence-electron chi connectivity index (χ2n) is 18.3. The van der Waals surface area contributed by atoms with Gasteiger partial charge in [-0.1, -0.05) is 177 Å². The summed E-state index contributed by atoms with van der Waals surface area (Å²) in [7, 11) is 0. The van der Waals surface area contributed by atoms with Crippen molar-refractivity contribution >= 4 is 5.91 Å². The van der Waals surface area contributed by atoms with E-state index in [-0.39, 0.29) is 18.9 Å². The van der Waals surface area contributed by atoms with E-state index in [4.69, 9.17) is 18.9 Å². The zero-order valence-corrected chi connectivity index (χ0v) is 41.6. The SMILES string of the molecule is CC/C=C\C/C=C\C/C=C\C/C=C\C/C=C\CCCC(=O)NC(COC1OC(CO)C(OC2OC(CO)C(O)C(O)C2O)C(O)C1O)C(O)/C=C/CCCCCCCCCCCCCCCCC. The molecule has 2 heterocycles. The molecule has 392 valence electrons. The van der Waals surface area contributed by atoms with Crippen LogP contribution in [0, 0.1) is 0 Å². The van der Waals surface area contributed by atoms with Gasteiger partial charge in [0.2, 0.25) is 5.91 Å². The number of hydrogen-bond donors (Lipinski definition) is 9. The van der Waals surface area contributed by atoms with E-state index in [1.54, 1.807) is 6.08 Å². The highest BCUT2D eigenvalue weighted by Crippen LogP contribution is 2.30. The van der Waals surface area contributed by atoms with Crippen molar-refractivity contribution < 1.29 is 64.6 Å². The first kappa shape index (κ1) is 61.5. The molecule has 2 rings (SSSR count). The molecule has 0 spiro atoms. The molecular weight excluding hydrogens is 871 g/mol. The number of amides is 1. The molecule has 0 aromatic heterocycles. The predicted molar refractivity (Wildman–Crippen MR) is 267 cm³/mol. The number of carbonyl (C=O) groups is 1. The summed E-state index contributed by atoms with van der Waals surface area (Å²) in [6.45, 7) is 2.62. The molecule has 2 fully saturated rings. The molecule has 12 atom stereocenters. The number of aliphatic hydroxyl groups is 8. The molecule has 0 aliphatic carbocycles. The highest BCUT2D eigenvalue weighted by atomic mass is 16.7. The molecular formula is C54H93NO13. The number of rotatable bonds is 39. The summed E-state index contributed by atoms with van der Waals surface area (Å²) >= 11 is 0. The maximum atomic E-state index is 13.2. The fourth-order valence-electron chi connectivity index (χ4n) is 8.15. The maximum absolute atomic E-state index is 13.2. The zero-order valence-electron chi connectivity index (χ0n) is 41.6. The number of carbonyl (C=O) groups excluding carboxylic acids is 1. The monoisotopic (exact) mass is 964 g/mol. The topological polar surface area (TPSA) is 228 Å². The van der Waals surface area contributed by atoms with Crippen molar-refractivity contribution in [2.45, 2.75) is 242 Å². The van der Waals surface area contributed by atoms with Crippen LogP contribution in [0.3, 0.4) is 0 Å². The largest absolute Gasteiger partial charge is 0.394 e. The van der Waals surface area contributed by atoms with E-state index in [2.05, 4.69) is 73.8 Å². The minimum Gasteiger partial charge on any atom is -0.394 e. The minimum absolute atomic E-state index is 0.200. The van der Waals surface area contributed by atoms with E-state index in [0.29, 0.717) is 12.8 Å². The van der Waals surface area contributed by atoms with Crippen molar-refractivity contribution in [2.24, 2.45) is 0 Å². The van der Waals surface area contributed by atoms with Gasteiger partial charge < -0.3 is 65.1 Å². The Bertz CT molecular complexity index is 1420. The third kappa shape index (κ3) is 26.6. The first-order valence-corrected chi connectivity index (χ1v) is 26.2. The normalized spacial score (nSPS) is 27.0. The zero-order chi connectivity index (χ0) is 49.6. The highest BCUT2D eigenvalue weighted by molar-refractivity contribution is 5.76. The van der Waals surface area contributed by atoms with Gasteiger partial charge in [-0.15, -0.1) is 0 Å². The van der Waals surface area contributed by atoms with Crippen LogP contribution in [0.25, 0.3) is 0 Å². The molecule has 0 saturated carbocycles. The average Bonchev–Trinajstić information content (AvgIpc) is 3.34. The van der Waals surface area contributed by atoms with E-state index >= 15 is 0 Å². The number of nitrogens with one attached hydrogen (secondary N) is 1. The second kappa shape index (κ2) is 40.1. The lowest BCUT2D eigenvalue weighted by Crippen LogP contribution is -2.65. The number of unbranched alkanes of at least 4 members (excludes halogenated alkanes) is 16. The van der Waals surface area contributed by atoms with E-state index in [1.165, 1.54) is 83.5 Å². The van der Waals surface area contributed by atoms with Gasteiger partial charge in [0.1, 0.15) is 48.8 Å². The minimum atomic E-state index is -1.80. The van der Waals surface area contributed by atoms with Crippen molar-refractivity contribution in [3.63, 3.8) is 0 Å². The molecule has 0 radical (unpaired) electrons. The van der Waals surface area contributed by atoms with Gasteiger partial charge in [0, 0.05) is 6.42 Å². The summed E-state index contributed by atoms with van der Waals surface area (Å²) in [5.74, 6) is -0.299. The Hall–Kier alpha value is -2.57. The van der Waals surface area contributed by atoms with Crippen molar-refractivity contribution in [2.75, 3.05) is 19.8 Å².